The molecule has 0 fully saturated rings. The molecule has 0 spiro atoms. The molecule has 1 N–H and O–H groups in total. The van der Waals surface area contributed by atoms with Gasteiger partial charge in [-0.1, -0.05) is 85.4 Å². The second kappa shape index (κ2) is 23.5. The summed E-state index contributed by atoms with van der Waals surface area (Å²) in [4.78, 5) is 60.0. The number of carbonyl (C=O) groups excluding carboxylic acids is 4. The maximum atomic E-state index is 13.2. The molecule has 0 bridgehead atoms. The van der Waals surface area contributed by atoms with Crippen molar-refractivity contribution in [1.29, 1.82) is 0 Å². The lowest BCUT2D eigenvalue weighted by Crippen LogP contribution is -2.38. The summed E-state index contributed by atoms with van der Waals surface area (Å²) in [6.45, 7) is 8.45. The zero-order chi connectivity index (χ0) is 42.6. The summed E-state index contributed by atoms with van der Waals surface area (Å²) in [5.74, 6) is -0.167. The summed E-state index contributed by atoms with van der Waals surface area (Å²) in [7, 11) is 1.32. The van der Waals surface area contributed by atoms with Crippen LogP contribution in [0.15, 0.2) is 84.1 Å². The molecular formula is C46H58N6O7. The number of fused-ring (bicyclic) bond motifs is 1. The molecule has 1 aromatic heterocycles. The normalized spacial score (nSPS) is 11.6. The van der Waals surface area contributed by atoms with Gasteiger partial charge in [0.1, 0.15) is 17.2 Å². The molecule has 59 heavy (non-hydrogen) atoms. The number of nitrogens with zero attached hydrogens (tertiary/aromatic N) is 5. The van der Waals surface area contributed by atoms with Crippen molar-refractivity contribution in [2.45, 2.75) is 103 Å². The van der Waals surface area contributed by atoms with E-state index in [4.69, 9.17) is 19.7 Å². The Morgan fingerprint density at radius 3 is 2.29 bits per heavy atom. The van der Waals surface area contributed by atoms with Crippen LogP contribution in [0, 0.1) is 6.92 Å². The first-order chi connectivity index (χ1) is 28.4. The van der Waals surface area contributed by atoms with Crippen molar-refractivity contribution in [3.8, 4) is 16.9 Å². The summed E-state index contributed by atoms with van der Waals surface area (Å²) in [6, 6.07) is 23.7. The van der Waals surface area contributed by atoms with Crippen molar-refractivity contribution in [3.63, 3.8) is 0 Å². The summed E-state index contributed by atoms with van der Waals surface area (Å²) in [5.41, 5.74) is 11.4. The molecule has 4 rings (SSSR count). The van der Waals surface area contributed by atoms with Gasteiger partial charge >= 0.3 is 12.1 Å². The highest BCUT2D eigenvalue weighted by Crippen LogP contribution is 2.36. The molecule has 13 nitrogen and oxygen atoms in total. The van der Waals surface area contributed by atoms with Crippen molar-refractivity contribution >= 4 is 40.3 Å². The van der Waals surface area contributed by atoms with Crippen LogP contribution in [0.2, 0.25) is 0 Å². The van der Waals surface area contributed by atoms with Crippen LogP contribution in [0.5, 0.6) is 5.75 Å². The number of hydrogen-bond donors (Lipinski definition) is 1. The van der Waals surface area contributed by atoms with Crippen molar-refractivity contribution in [2.24, 2.45) is 5.11 Å². The van der Waals surface area contributed by atoms with Gasteiger partial charge in [-0.15, -0.1) is 0 Å². The van der Waals surface area contributed by atoms with Gasteiger partial charge < -0.3 is 19.5 Å². The predicted molar refractivity (Wildman–Crippen MR) is 230 cm³/mol. The van der Waals surface area contributed by atoms with Gasteiger partial charge in [0, 0.05) is 48.3 Å². The molecule has 1 atom stereocenters. The van der Waals surface area contributed by atoms with Crippen molar-refractivity contribution in [3.05, 3.63) is 101 Å². The van der Waals surface area contributed by atoms with Gasteiger partial charge in [0.15, 0.2) is 5.78 Å². The number of benzene rings is 3. The van der Waals surface area contributed by atoms with Gasteiger partial charge in [-0.25, -0.2) is 9.78 Å². The summed E-state index contributed by atoms with van der Waals surface area (Å²) >= 11 is 0. The highest BCUT2D eigenvalue weighted by Gasteiger charge is 2.25. The SMILES string of the molecule is COC(=O)C[C@H](CC(=O)CNC(=O)CCCN(C(=O)OC(C)(C)C)c1cc(C)ccn1)c1ccc(-c2ccc(OCCCCCCCCN=[N+]=[N-])c3ccccc23)cc1. The number of esters is 1. The highest BCUT2D eigenvalue weighted by atomic mass is 16.6. The summed E-state index contributed by atoms with van der Waals surface area (Å²) in [5, 5.41) is 8.36. The third-order valence-corrected chi connectivity index (χ3v) is 9.72. The van der Waals surface area contributed by atoms with Gasteiger partial charge in [0.2, 0.25) is 5.91 Å². The molecule has 13 heteroatoms. The van der Waals surface area contributed by atoms with Crippen LogP contribution in [-0.2, 0) is 23.9 Å². The number of anilines is 1. The number of aromatic nitrogens is 1. The second-order valence-electron chi connectivity index (χ2n) is 15.6. The standard InChI is InChI=1S/C46H58N6O7/c1-33-24-26-48-42(29-33)52(45(56)59-46(2,3)4)27-14-17-43(54)49-32-37(53)30-36(31-44(55)57-5)34-18-20-35(21-19-34)38-22-23-41(40-16-11-10-15-39(38)40)58-28-13-9-7-6-8-12-25-50-51-47/h10-11,15-16,18-24,26,29,36H,6-9,12-14,17,25,27-28,30-32H2,1-5H3,(H,49,54)/t36-/m0/s1. The Balaban J connectivity index is 1.33. The van der Waals surface area contributed by atoms with Crippen LogP contribution in [0.25, 0.3) is 32.3 Å². The van der Waals surface area contributed by atoms with E-state index < -0.39 is 23.6 Å². The van der Waals surface area contributed by atoms with Crippen molar-refractivity contribution in [2.75, 3.05) is 38.3 Å². The minimum Gasteiger partial charge on any atom is -0.493 e. The fraction of sp³-hybridized carbons (Fsp3) is 0.457. The molecule has 0 aliphatic rings. The average molecular weight is 807 g/mol. The number of methoxy groups -OCH3 is 1. The number of rotatable bonds is 23. The summed E-state index contributed by atoms with van der Waals surface area (Å²) < 4.78 is 16.8. The Kier molecular flexibility index (Phi) is 18.2. The number of Topliss-reactive ketones (excluding diaryl/α,β-unsaturated/α-hetero) is 1. The fourth-order valence-electron chi connectivity index (χ4n) is 6.71. The first-order valence-corrected chi connectivity index (χ1v) is 20.4. The molecular weight excluding hydrogens is 749 g/mol. The van der Waals surface area contributed by atoms with Crippen molar-refractivity contribution in [1.82, 2.24) is 10.3 Å². The highest BCUT2D eigenvalue weighted by molar-refractivity contribution is 6.00. The topological polar surface area (TPSA) is 173 Å². The van der Waals surface area contributed by atoms with E-state index in [1.54, 1.807) is 33.0 Å². The van der Waals surface area contributed by atoms with Crippen LogP contribution in [-0.4, -0.2) is 67.7 Å². The number of amides is 2. The number of ether oxygens (including phenoxy) is 3. The third-order valence-electron chi connectivity index (χ3n) is 9.72. The van der Waals surface area contributed by atoms with Gasteiger partial charge in [-0.2, -0.15) is 0 Å². The Labute approximate surface area is 347 Å². The van der Waals surface area contributed by atoms with Crippen LogP contribution in [0.4, 0.5) is 10.6 Å². The molecule has 0 unspecified atom stereocenters. The monoisotopic (exact) mass is 806 g/mol. The van der Waals surface area contributed by atoms with Gasteiger partial charge in [0.05, 0.1) is 26.7 Å². The molecule has 0 aliphatic carbocycles. The maximum Gasteiger partial charge on any atom is 0.416 e. The van der Waals surface area contributed by atoms with Crippen LogP contribution in [0.1, 0.15) is 102 Å². The Morgan fingerprint density at radius 1 is 0.881 bits per heavy atom. The van der Waals surface area contributed by atoms with Crippen molar-refractivity contribution < 1.29 is 33.4 Å². The lowest BCUT2D eigenvalue weighted by Gasteiger charge is -2.27. The molecule has 2 amide bonds. The first-order valence-electron chi connectivity index (χ1n) is 20.4. The largest absolute Gasteiger partial charge is 0.493 e. The van der Waals surface area contributed by atoms with Gasteiger partial charge in [-0.3, -0.25) is 19.3 Å². The number of aryl methyl sites for hydroxylation is 1. The van der Waals surface area contributed by atoms with E-state index in [0.717, 1.165) is 77.3 Å². The number of hydrogen-bond acceptors (Lipinski definition) is 9. The third kappa shape index (κ3) is 15.4. The van der Waals surface area contributed by atoms with E-state index in [9.17, 15) is 19.2 Å². The quantitative estimate of drug-likeness (QED) is 0.0253. The maximum absolute atomic E-state index is 13.2. The lowest BCUT2D eigenvalue weighted by atomic mass is 9.89. The smallest absolute Gasteiger partial charge is 0.416 e. The number of pyridine rings is 1. The number of ketones is 1. The number of azide groups is 1. The van der Waals surface area contributed by atoms with Crippen LogP contribution < -0.4 is 15.0 Å². The molecule has 0 radical (unpaired) electrons. The molecule has 0 saturated heterocycles. The zero-order valence-corrected chi connectivity index (χ0v) is 35.1. The minimum absolute atomic E-state index is 0.00934. The molecule has 3 aromatic carbocycles. The van der Waals surface area contributed by atoms with Gasteiger partial charge in [0.25, 0.3) is 0 Å². The Morgan fingerprint density at radius 2 is 1.59 bits per heavy atom. The molecule has 0 aliphatic heterocycles. The van der Waals surface area contributed by atoms with Crippen LogP contribution >= 0.6 is 0 Å². The molecule has 0 saturated carbocycles. The molecule has 4 aromatic rings. The summed E-state index contributed by atoms with van der Waals surface area (Å²) in [6.07, 6.45) is 7.76. The second-order valence-corrected chi connectivity index (χ2v) is 15.6. The number of carbonyl (C=O) groups is 4. The van der Waals surface area contributed by atoms with E-state index >= 15 is 0 Å². The Bertz CT molecular complexity index is 2060. The molecule has 1 heterocycles. The minimum atomic E-state index is -0.708. The predicted octanol–water partition coefficient (Wildman–Crippen LogP) is 10.2. The van der Waals surface area contributed by atoms with E-state index in [1.807, 2.05) is 55.5 Å². The van der Waals surface area contributed by atoms with Gasteiger partial charge in [-0.05, 0) is 98.3 Å². The average Bonchev–Trinajstić information content (AvgIpc) is 3.21. The first kappa shape index (κ1) is 45.8. The van der Waals surface area contributed by atoms with E-state index in [2.05, 4.69) is 38.5 Å². The lowest BCUT2D eigenvalue weighted by molar-refractivity contribution is -0.141. The number of unbranched alkanes of at least 4 members (excludes halogenated alkanes) is 5. The fourth-order valence-corrected chi connectivity index (χ4v) is 6.71. The number of nitrogens with one attached hydrogen (secondary N) is 1. The molecule has 314 valence electrons. The van der Waals surface area contributed by atoms with E-state index in [0.29, 0.717) is 25.4 Å². The zero-order valence-electron chi connectivity index (χ0n) is 35.1. The van der Waals surface area contributed by atoms with E-state index in [-0.39, 0.29) is 44.0 Å². The van der Waals surface area contributed by atoms with Crippen LogP contribution in [0.3, 0.4) is 0 Å². The van der Waals surface area contributed by atoms with E-state index in [1.165, 1.54) is 12.0 Å². The Hall–Kier alpha value is -5.94.